The Morgan fingerprint density at radius 2 is 1.93 bits per heavy atom. The second kappa shape index (κ2) is 8.48. The molecule has 0 saturated heterocycles. The molecular weight excluding hydrogens is 372 g/mol. The first-order chi connectivity index (χ1) is 13.9. The van der Waals surface area contributed by atoms with Gasteiger partial charge in [0.25, 0.3) is 5.69 Å². The lowest BCUT2D eigenvalue weighted by atomic mass is 10.1. The Balaban J connectivity index is 2.24. The number of anilines is 1. The van der Waals surface area contributed by atoms with Crippen LogP contribution in [0.4, 0.5) is 11.4 Å². The third-order valence-corrected chi connectivity index (χ3v) is 5.36. The largest absolute Gasteiger partial charge is 0.497 e. The summed E-state index contributed by atoms with van der Waals surface area (Å²) in [5.74, 6) is 0.565. The van der Waals surface area contributed by atoms with E-state index in [0.717, 1.165) is 19.6 Å². The van der Waals surface area contributed by atoms with Gasteiger partial charge in [-0.15, -0.1) is 0 Å². The summed E-state index contributed by atoms with van der Waals surface area (Å²) in [5, 5.41) is 15.7. The van der Waals surface area contributed by atoms with E-state index in [1.165, 1.54) is 13.2 Å². The predicted octanol–water partition coefficient (Wildman–Crippen LogP) is 3.36. The van der Waals surface area contributed by atoms with Crippen molar-refractivity contribution in [1.82, 2.24) is 9.47 Å². The van der Waals surface area contributed by atoms with Crippen LogP contribution >= 0.6 is 0 Å². The molecule has 0 saturated carbocycles. The van der Waals surface area contributed by atoms with Crippen LogP contribution in [0.5, 0.6) is 5.75 Å². The van der Waals surface area contributed by atoms with Crippen LogP contribution in [-0.4, -0.2) is 47.7 Å². The molecule has 3 rings (SSSR count). The van der Waals surface area contributed by atoms with Crippen molar-refractivity contribution in [2.24, 2.45) is 7.05 Å². The van der Waals surface area contributed by atoms with E-state index in [1.807, 2.05) is 0 Å². The molecule has 0 amide bonds. The molecule has 1 N–H and O–H groups in total. The van der Waals surface area contributed by atoms with E-state index >= 15 is 0 Å². The van der Waals surface area contributed by atoms with E-state index in [4.69, 9.17) is 4.74 Å². The predicted molar refractivity (Wildman–Crippen MR) is 116 cm³/mol. The van der Waals surface area contributed by atoms with Crippen molar-refractivity contribution >= 4 is 33.2 Å². The van der Waals surface area contributed by atoms with Crippen LogP contribution < -0.4 is 15.5 Å². The second-order valence-corrected chi connectivity index (χ2v) is 6.84. The van der Waals surface area contributed by atoms with Gasteiger partial charge in [0.15, 0.2) is 5.43 Å². The Bertz CT molecular complexity index is 1120. The number of methoxy groups -OCH3 is 1. The van der Waals surface area contributed by atoms with Crippen LogP contribution in [-0.2, 0) is 7.05 Å². The monoisotopic (exact) mass is 398 g/mol. The van der Waals surface area contributed by atoms with Crippen molar-refractivity contribution < 1.29 is 9.66 Å². The van der Waals surface area contributed by atoms with Gasteiger partial charge in [0, 0.05) is 31.9 Å². The number of nitrogens with zero attached hydrogens (tertiary/aromatic N) is 3. The van der Waals surface area contributed by atoms with Gasteiger partial charge in [-0.3, -0.25) is 14.9 Å². The topological polar surface area (TPSA) is 89.6 Å². The number of aromatic nitrogens is 1. The van der Waals surface area contributed by atoms with Crippen molar-refractivity contribution in [2.45, 2.75) is 13.8 Å². The Morgan fingerprint density at radius 1 is 1.21 bits per heavy atom. The molecule has 0 bridgehead atoms. The highest BCUT2D eigenvalue weighted by Gasteiger charge is 2.22. The second-order valence-electron chi connectivity index (χ2n) is 6.84. The van der Waals surface area contributed by atoms with E-state index in [0.29, 0.717) is 39.8 Å². The molecule has 0 radical (unpaired) electrons. The van der Waals surface area contributed by atoms with Crippen LogP contribution in [0.1, 0.15) is 13.8 Å². The van der Waals surface area contributed by atoms with Crippen LogP contribution in [0.3, 0.4) is 0 Å². The van der Waals surface area contributed by atoms with Crippen molar-refractivity contribution in [3.8, 4) is 5.75 Å². The minimum Gasteiger partial charge on any atom is -0.497 e. The summed E-state index contributed by atoms with van der Waals surface area (Å²) in [5.41, 5.74) is 1.19. The molecule has 0 unspecified atom stereocenters. The molecule has 1 heterocycles. The molecule has 0 spiro atoms. The molecule has 8 heteroatoms. The molecule has 0 aliphatic rings. The van der Waals surface area contributed by atoms with Gasteiger partial charge in [0.2, 0.25) is 0 Å². The van der Waals surface area contributed by atoms with Crippen molar-refractivity contribution in [3.63, 3.8) is 0 Å². The summed E-state index contributed by atoms with van der Waals surface area (Å²) in [4.78, 5) is 26.8. The quantitative estimate of drug-likeness (QED) is 0.355. The first kappa shape index (κ1) is 20.6. The van der Waals surface area contributed by atoms with Gasteiger partial charge in [-0.25, -0.2) is 0 Å². The average Bonchev–Trinajstić information content (AvgIpc) is 2.74. The SMILES string of the molecule is CCN(CC)CCNc1ccc([N+](=O)[O-])c2c1c(=O)c1cc(OC)ccc1n2C. The molecule has 3 aromatic rings. The molecule has 29 heavy (non-hydrogen) atoms. The summed E-state index contributed by atoms with van der Waals surface area (Å²) < 4.78 is 6.97. The lowest BCUT2D eigenvalue weighted by Gasteiger charge is -2.19. The molecule has 0 aliphatic carbocycles. The number of fused-ring (bicyclic) bond motifs is 2. The maximum absolute atomic E-state index is 13.4. The standard InChI is InChI=1S/C21H26N4O4/c1-5-24(6-2)12-11-22-16-8-10-18(25(27)28)20-19(16)21(26)15-13-14(29-4)7-9-17(15)23(20)3/h7-10,13,22H,5-6,11-12H2,1-4H3. The zero-order chi connectivity index (χ0) is 21.1. The van der Waals surface area contributed by atoms with E-state index < -0.39 is 4.92 Å². The van der Waals surface area contributed by atoms with E-state index in [-0.39, 0.29) is 11.1 Å². The summed E-state index contributed by atoms with van der Waals surface area (Å²) >= 11 is 0. The number of nitro benzene ring substituents is 1. The first-order valence-electron chi connectivity index (χ1n) is 9.66. The Morgan fingerprint density at radius 3 is 2.55 bits per heavy atom. The number of nitro groups is 1. The third kappa shape index (κ3) is 3.75. The number of benzene rings is 2. The Labute approximate surface area is 168 Å². The summed E-state index contributed by atoms with van der Waals surface area (Å²) in [6, 6.07) is 8.24. The number of likely N-dealkylation sites (N-methyl/N-ethyl adjacent to an activating group) is 1. The number of rotatable bonds is 8. The molecular formula is C21H26N4O4. The Kier molecular flexibility index (Phi) is 6.03. The number of nitrogens with one attached hydrogen (secondary N) is 1. The van der Waals surface area contributed by atoms with Crippen LogP contribution in [0.15, 0.2) is 35.1 Å². The number of non-ortho nitro benzene ring substituents is 1. The van der Waals surface area contributed by atoms with Crippen LogP contribution in [0.25, 0.3) is 21.8 Å². The number of aryl methyl sites for hydroxylation is 1. The first-order valence-corrected chi connectivity index (χ1v) is 9.66. The fraction of sp³-hybridized carbons (Fsp3) is 0.381. The lowest BCUT2D eigenvalue weighted by molar-refractivity contribution is -0.383. The van der Waals surface area contributed by atoms with Gasteiger partial charge in [-0.2, -0.15) is 0 Å². The molecule has 0 fully saturated rings. The van der Waals surface area contributed by atoms with Gasteiger partial charge in [-0.05, 0) is 37.4 Å². The molecule has 2 aromatic carbocycles. The van der Waals surface area contributed by atoms with E-state index in [9.17, 15) is 14.9 Å². The van der Waals surface area contributed by atoms with Crippen molar-refractivity contribution in [3.05, 3.63) is 50.7 Å². The third-order valence-electron chi connectivity index (χ3n) is 5.36. The van der Waals surface area contributed by atoms with Crippen molar-refractivity contribution in [2.75, 3.05) is 38.6 Å². The molecule has 0 atom stereocenters. The van der Waals surface area contributed by atoms with Gasteiger partial charge in [-0.1, -0.05) is 13.8 Å². The van der Waals surface area contributed by atoms with E-state index in [2.05, 4.69) is 24.1 Å². The van der Waals surface area contributed by atoms with Gasteiger partial charge in [0.1, 0.15) is 11.3 Å². The number of ether oxygens (including phenoxy) is 1. The molecule has 1 aromatic heterocycles. The zero-order valence-corrected chi connectivity index (χ0v) is 17.2. The number of hydrogen-bond donors (Lipinski definition) is 1. The van der Waals surface area contributed by atoms with Crippen LogP contribution in [0, 0.1) is 10.1 Å². The number of pyridine rings is 1. The maximum Gasteiger partial charge on any atom is 0.293 e. The lowest BCUT2D eigenvalue weighted by Crippen LogP contribution is -2.28. The maximum atomic E-state index is 13.4. The molecule has 8 nitrogen and oxygen atoms in total. The normalized spacial score (nSPS) is 11.3. The highest BCUT2D eigenvalue weighted by molar-refractivity contribution is 6.04. The zero-order valence-electron chi connectivity index (χ0n) is 17.2. The minimum atomic E-state index is -0.448. The van der Waals surface area contributed by atoms with Gasteiger partial charge >= 0.3 is 0 Å². The Hall–Kier alpha value is -3.13. The minimum absolute atomic E-state index is 0.0911. The van der Waals surface area contributed by atoms with Gasteiger partial charge in [0.05, 0.1) is 28.3 Å². The summed E-state index contributed by atoms with van der Waals surface area (Å²) in [7, 11) is 3.28. The fourth-order valence-electron chi connectivity index (χ4n) is 3.70. The summed E-state index contributed by atoms with van der Waals surface area (Å²) in [6.07, 6.45) is 0. The van der Waals surface area contributed by atoms with Crippen LogP contribution in [0.2, 0.25) is 0 Å². The van der Waals surface area contributed by atoms with E-state index in [1.54, 1.807) is 35.9 Å². The smallest absolute Gasteiger partial charge is 0.293 e. The molecule has 154 valence electrons. The molecule has 0 aliphatic heterocycles. The fourth-order valence-corrected chi connectivity index (χ4v) is 3.70. The highest BCUT2D eigenvalue weighted by Crippen LogP contribution is 2.32. The average molecular weight is 398 g/mol. The summed E-state index contributed by atoms with van der Waals surface area (Å²) in [6.45, 7) is 7.51. The van der Waals surface area contributed by atoms with Gasteiger partial charge < -0.3 is 19.5 Å². The number of hydrogen-bond acceptors (Lipinski definition) is 6. The highest BCUT2D eigenvalue weighted by atomic mass is 16.6. The van der Waals surface area contributed by atoms with Crippen molar-refractivity contribution in [1.29, 1.82) is 0 Å².